The molecule has 2 nitrogen and oxygen atoms in total. The van der Waals surface area contributed by atoms with E-state index in [1.54, 1.807) is 6.07 Å². The largest absolute Gasteiger partial charge is 0.271 e. The Labute approximate surface area is 129 Å². The van der Waals surface area contributed by atoms with Gasteiger partial charge in [-0.15, -0.1) is 0 Å². The van der Waals surface area contributed by atoms with Gasteiger partial charge >= 0.3 is 0 Å². The molecule has 2 rings (SSSR count). The molecular weight excluding hydrogens is 291 g/mol. The van der Waals surface area contributed by atoms with E-state index < -0.39 is 0 Å². The van der Waals surface area contributed by atoms with Gasteiger partial charge in [0.15, 0.2) is 0 Å². The van der Waals surface area contributed by atoms with Crippen LogP contribution < -0.4 is 11.3 Å². The van der Waals surface area contributed by atoms with E-state index >= 15 is 0 Å². The molecule has 4 heteroatoms. The van der Waals surface area contributed by atoms with E-state index in [1.165, 1.54) is 16.7 Å². The van der Waals surface area contributed by atoms with Crippen molar-refractivity contribution >= 4 is 23.2 Å². The number of halogens is 2. The molecule has 0 amide bonds. The SMILES string of the molecule is Cc1cccc(C)c1C(Cc1cc(Cl)ccc1Cl)NN. The van der Waals surface area contributed by atoms with E-state index in [0.717, 1.165) is 5.56 Å². The third-order valence-electron chi connectivity index (χ3n) is 3.52. The number of nitrogens with one attached hydrogen (secondary N) is 1. The van der Waals surface area contributed by atoms with Gasteiger partial charge in [0, 0.05) is 10.0 Å². The Morgan fingerprint density at radius 1 is 1.10 bits per heavy atom. The van der Waals surface area contributed by atoms with Gasteiger partial charge in [-0.1, -0.05) is 41.4 Å². The Morgan fingerprint density at radius 3 is 2.35 bits per heavy atom. The first-order valence-electron chi connectivity index (χ1n) is 6.49. The Bertz CT molecular complexity index is 591. The van der Waals surface area contributed by atoms with E-state index in [2.05, 4.69) is 31.4 Å². The molecule has 2 aromatic rings. The molecule has 1 atom stereocenters. The second-order valence-electron chi connectivity index (χ2n) is 4.96. The lowest BCUT2D eigenvalue weighted by Gasteiger charge is -2.21. The summed E-state index contributed by atoms with van der Waals surface area (Å²) in [4.78, 5) is 0. The molecule has 0 spiro atoms. The Morgan fingerprint density at radius 2 is 1.75 bits per heavy atom. The van der Waals surface area contributed by atoms with Gasteiger partial charge in [-0.25, -0.2) is 0 Å². The predicted molar refractivity (Wildman–Crippen MR) is 86.1 cm³/mol. The molecule has 0 radical (unpaired) electrons. The number of hydrogen-bond donors (Lipinski definition) is 2. The van der Waals surface area contributed by atoms with Gasteiger partial charge in [-0.05, 0) is 60.7 Å². The van der Waals surface area contributed by atoms with Gasteiger partial charge in [0.25, 0.3) is 0 Å². The van der Waals surface area contributed by atoms with E-state index in [1.807, 2.05) is 18.2 Å². The molecule has 0 aliphatic rings. The van der Waals surface area contributed by atoms with Crippen LogP contribution in [0.3, 0.4) is 0 Å². The van der Waals surface area contributed by atoms with Crippen molar-refractivity contribution in [2.24, 2.45) is 5.84 Å². The van der Waals surface area contributed by atoms with Crippen molar-refractivity contribution in [3.05, 3.63) is 68.7 Å². The van der Waals surface area contributed by atoms with Crippen molar-refractivity contribution in [2.75, 3.05) is 0 Å². The van der Waals surface area contributed by atoms with Crippen molar-refractivity contribution in [3.63, 3.8) is 0 Å². The fourth-order valence-electron chi connectivity index (χ4n) is 2.54. The Hall–Kier alpha value is -1.06. The van der Waals surface area contributed by atoms with Crippen LogP contribution in [-0.4, -0.2) is 0 Å². The monoisotopic (exact) mass is 308 g/mol. The van der Waals surface area contributed by atoms with E-state index in [4.69, 9.17) is 29.0 Å². The summed E-state index contributed by atoms with van der Waals surface area (Å²) in [7, 11) is 0. The summed E-state index contributed by atoms with van der Waals surface area (Å²) < 4.78 is 0. The van der Waals surface area contributed by atoms with Crippen LogP contribution >= 0.6 is 23.2 Å². The first kappa shape index (κ1) is 15.3. The smallest absolute Gasteiger partial charge is 0.0506 e. The van der Waals surface area contributed by atoms with Crippen LogP contribution in [0.1, 0.15) is 28.3 Å². The van der Waals surface area contributed by atoms with Gasteiger partial charge < -0.3 is 0 Å². The molecule has 0 aliphatic heterocycles. The zero-order chi connectivity index (χ0) is 14.7. The maximum Gasteiger partial charge on any atom is 0.0506 e. The van der Waals surface area contributed by atoms with E-state index in [0.29, 0.717) is 16.5 Å². The molecule has 2 aromatic carbocycles. The minimum atomic E-state index is 0.00664. The molecule has 0 heterocycles. The minimum Gasteiger partial charge on any atom is -0.271 e. The van der Waals surface area contributed by atoms with Crippen molar-refractivity contribution in [1.29, 1.82) is 0 Å². The van der Waals surface area contributed by atoms with Crippen molar-refractivity contribution in [1.82, 2.24) is 5.43 Å². The quantitative estimate of drug-likeness (QED) is 0.650. The highest BCUT2D eigenvalue weighted by atomic mass is 35.5. The summed E-state index contributed by atoms with van der Waals surface area (Å²) in [5.74, 6) is 5.75. The highest BCUT2D eigenvalue weighted by molar-refractivity contribution is 6.33. The standard InChI is InChI=1S/C16H18Cl2N2/c1-10-4-3-5-11(2)16(10)15(20-19)9-12-8-13(17)6-7-14(12)18/h3-8,15,20H,9,19H2,1-2H3. The molecular formula is C16H18Cl2N2. The second kappa shape index (κ2) is 6.59. The van der Waals surface area contributed by atoms with Crippen molar-refractivity contribution in [2.45, 2.75) is 26.3 Å². The van der Waals surface area contributed by atoms with Crippen LogP contribution in [0, 0.1) is 13.8 Å². The number of hydrogen-bond acceptors (Lipinski definition) is 2. The number of aryl methyl sites for hydroxylation is 2. The van der Waals surface area contributed by atoms with Crippen LogP contribution in [0.2, 0.25) is 10.0 Å². The first-order valence-corrected chi connectivity index (χ1v) is 7.24. The van der Waals surface area contributed by atoms with Crippen molar-refractivity contribution in [3.8, 4) is 0 Å². The van der Waals surface area contributed by atoms with Crippen LogP contribution in [0.4, 0.5) is 0 Å². The van der Waals surface area contributed by atoms with Crippen LogP contribution in [0.5, 0.6) is 0 Å². The highest BCUT2D eigenvalue weighted by Gasteiger charge is 2.16. The number of benzene rings is 2. The third-order valence-corrected chi connectivity index (χ3v) is 4.13. The van der Waals surface area contributed by atoms with E-state index in [-0.39, 0.29) is 6.04 Å². The molecule has 0 aliphatic carbocycles. The molecule has 106 valence electrons. The normalized spacial score (nSPS) is 12.4. The average molecular weight is 309 g/mol. The topological polar surface area (TPSA) is 38.0 Å². The lowest BCUT2D eigenvalue weighted by Crippen LogP contribution is -2.30. The maximum atomic E-state index is 6.24. The summed E-state index contributed by atoms with van der Waals surface area (Å²) in [5.41, 5.74) is 7.53. The first-order chi connectivity index (χ1) is 9.52. The number of nitrogens with two attached hydrogens (primary N) is 1. The Kier molecular flexibility index (Phi) is 5.06. The fourth-order valence-corrected chi connectivity index (χ4v) is 2.93. The number of hydrazine groups is 1. The third kappa shape index (κ3) is 3.33. The van der Waals surface area contributed by atoms with E-state index in [9.17, 15) is 0 Å². The molecule has 0 saturated heterocycles. The minimum absolute atomic E-state index is 0.00664. The molecule has 0 fully saturated rings. The molecule has 3 N–H and O–H groups in total. The van der Waals surface area contributed by atoms with Crippen LogP contribution in [-0.2, 0) is 6.42 Å². The average Bonchev–Trinajstić information content (AvgIpc) is 2.41. The number of rotatable bonds is 4. The molecule has 1 unspecified atom stereocenters. The summed E-state index contributed by atoms with van der Waals surface area (Å²) in [5, 5.41) is 1.39. The summed E-state index contributed by atoms with van der Waals surface area (Å²) in [6.07, 6.45) is 0.696. The lowest BCUT2D eigenvalue weighted by atomic mass is 9.92. The summed E-state index contributed by atoms with van der Waals surface area (Å²) in [6, 6.07) is 11.7. The van der Waals surface area contributed by atoms with Gasteiger partial charge in [0.2, 0.25) is 0 Å². The zero-order valence-electron chi connectivity index (χ0n) is 11.6. The molecule has 0 aromatic heterocycles. The van der Waals surface area contributed by atoms with Crippen LogP contribution in [0.25, 0.3) is 0 Å². The Balaban J connectivity index is 2.36. The summed E-state index contributed by atoms with van der Waals surface area (Å²) in [6.45, 7) is 4.18. The molecule has 0 bridgehead atoms. The fraction of sp³-hybridized carbons (Fsp3) is 0.250. The molecule has 20 heavy (non-hydrogen) atoms. The highest BCUT2D eigenvalue weighted by Crippen LogP contribution is 2.28. The van der Waals surface area contributed by atoms with Gasteiger partial charge in [-0.2, -0.15) is 0 Å². The molecule has 0 saturated carbocycles. The van der Waals surface area contributed by atoms with Gasteiger partial charge in [0.1, 0.15) is 0 Å². The van der Waals surface area contributed by atoms with Crippen molar-refractivity contribution < 1.29 is 0 Å². The second-order valence-corrected chi connectivity index (χ2v) is 5.81. The van der Waals surface area contributed by atoms with Gasteiger partial charge in [0.05, 0.1) is 6.04 Å². The summed E-state index contributed by atoms with van der Waals surface area (Å²) >= 11 is 12.3. The predicted octanol–water partition coefficient (Wildman–Crippen LogP) is 4.36. The zero-order valence-corrected chi connectivity index (χ0v) is 13.1. The van der Waals surface area contributed by atoms with Crippen LogP contribution in [0.15, 0.2) is 36.4 Å². The van der Waals surface area contributed by atoms with Gasteiger partial charge in [-0.3, -0.25) is 11.3 Å². The maximum absolute atomic E-state index is 6.24. The lowest BCUT2D eigenvalue weighted by molar-refractivity contribution is 0.547.